The molecule has 0 atom stereocenters. The molecule has 0 unspecified atom stereocenters. The lowest BCUT2D eigenvalue weighted by Crippen LogP contribution is -2.48. The lowest BCUT2D eigenvalue weighted by Gasteiger charge is -2.36. The molecule has 0 spiro atoms. The first-order valence-electron chi connectivity index (χ1n) is 8.93. The first kappa shape index (κ1) is 18.3. The van der Waals surface area contributed by atoms with Crippen molar-refractivity contribution >= 4 is 11.7 Å². The minimum atomic E-state index is -0.542. The van der Waals surface area contributed by atoms with Gasteiger partial charge in [-0.15, -0.1) is 0 Å². The zero-order valence-electron chi connectivity index (χ0n) is 15.2. The van der Waals surface area contributed by atoms with Crippen molar-refractivity contribution in [1.82, 2.24) is 19.8 Å². The quantitative estimate of drug-likeness (QED) is 0.793. The molecule has 3 rings (SSSR count). The van der Waals surface area contributed by atoms with E-state index in [2.05, 4.69) is 56.0 Å². The van der Waals surface area contributed by atoms with Crippen molar-refractivity contribution in [2.45, 2.75) is 6.54 Å². The number of hydrogen-bond donors (Lipinski definition) is 1. The molecule has 0 saturated carbocycles. The van der Waals surface area contributed by atoms with Gasteiger partial charge in [-0.1, -0.05) is 30.3 Å². The van der Waals surface area contributed by atoms with Crippen molar-refractivity contribution in [2.24, 2.45) is 5.73 Å². The summed E-state index contributed by atoms with van der Waals surface area (Å²) >= 11 is 0. The second-order valence-corrected chi connectivity index (χ2v) is 6.68. The van der Waals surface area contributed by atoms with Crippen LogP contribution in [0.15, 0.2) is 42.7 Å². The van der Waals surface area contributed by atoms with Crippen molar-refractivity contribution < 1.29 is 4.79 Å². The number of anilines is 1. The van der Waals surface area contributed by atoms with Crippen LogP contribution < -0.4 is 10.6 Å². The SMILES string of the molecule is CN(CCN1CCN(c2cncc(C(N)=O)n2)CC1)Cc1ccccc1. The largest absolute Gasteiger partial charge is 0.364 e. The summed E-state index contributed by atoms with van der Waals surface area (Å²) in [6.45, 7) is 6.74. The highest BCUT2D eigenvalue weighted by molar-refractivity contribution is 5.90. The fraction of sp³-hybridized carbons (Fsp3) is 0.421. The molecule has 1 amide bonds. The number of nitrogens with zero attached hydrogens (tertiary/aromatic N) is 5. The molecule has 7 nitrogen and oxygen atoms in total. The normalized spacial score (nSPS) is 15.4. The van der Waals surface area contributed by atoms with Crippen LogP contribution in [-0.4, -0.2) is 72.0 Å². The molecule has 2 aromatic rings. The fourth-order valence-corrected chi connectivity index (χ4v) is 3.11. The van der Waals surface area contributed by atoms with Gasteiger partial charge in [-0.05, 0) is 12.6 Å². The van der Waals surface area contributed by atoms with E-state index in [1.54, 1.807) is 6.20 Å². The van der Waals surface area contributed by atoms with E-state index in [1.165, 1.54) is 11.8 Å². The zero-order chi connectivity index (χ0) is 18.4. The minimum Gasteiger partial charge on any atom is -0.364 e. The first-order chi connectivity index (χ1) is 12.6. The van der Waals surface area contributed by atoms with E-state index in [9.17, 15) is 4.79 Å². The van der Waals surface area contributed by atoms with Gasteiger partial charge in [0.15, 0.2) is 0 Å². The highest BCUT2D eigenvalue weighted by atomic mass is 16.1. The Balaban J connectivity index is 1.44. The predicted octanol–water partition coefficient (Wildman–Crippen LogP) is 0.830. The van der Waals surface area contributed by atoms with Gasteiger partial charge in [-0.2, -0.15) is 0 Å². The number of carbonyl (C=O) groups is 1. The second-order valence-electron chi connectivity index (χ2n) is 6.68. The number of carbonyl (C=O) groups excluding carboxylic acids is 1. The van der Waals surface area contributed by atoms with Crippen LogP contribution in [0.4, 0.5) is 5.82 Å². The molecule has 2 heterocycles. The molecular formula is C19H26N6O. The Morgan fingerprint density at radius 3 is 2.58 bits per heavy atom. The maximum Gasteiger partial charge on any atom is 0.268 e. The number of amides is 1. The van der Waals surface area contributed by atoms with E-state index in [1.807, 2.05) is 6.07 Å². The monoisotopic (exact) mass is 354 g/mol. The van der Waals surface area contributed by atoms with Crippen LogP contribution in [0.25, 0.3) is 0 Å². The van der Waals surface area contributed by atoms with Crippen LogP contribution >= 0.6 is 0 Å². The Kier molecular flexibility index (Phi) is 6.14. The van der Waals surface area contributed by atoms with Gasteiger partial charge in [0.05, 0.1) is 12.4 Å². The molecular weight excluding hydrogens is 328 g/mol. The van der Waals surface area contributed by atoms with Crippen LogP contribution in [0.1, 0.15) is 16.1 Å². The summed E-state index contributed by atoms with van der Waals surface area (Å²) < 4.78 is 0. The molecule has 1 aromatic carbocycles. The van der Waals surface area contributed by atoms with Crippen molar-refractivity contribution in [2.75, 3.05) is 51.2 Å². The van der Waals surface area contributed by atoms with Gasteiger partial charge in [-0.25, -0.2) is 4.98 Å². The van der Waals surface area contributed by atoms with E-state index in [0.29, 0.717) is 0 Å². The van der Waals surface area contributed by atoms with Gasteiger partial charge in [0.2, 0.25) is 0 Å². The van der Waals surface area contributed by atoms with E-state index < -0.39 is 5.91 Å². The summed E-state index contributed by atoms with van der Waals surface area (Å²) in [7, 11) is 2.16. The second kappa shape index (κ2) is 8.73. The topological polar surface area (TPSA) is 78.6 Å². The molecule has 0 radical (unpaired) electrons. The number of rotatable bonds is 7. The molecule has 0 aliphatic carbocycles. The van der Waals surface area contributed by atoms with Crippen LogP contribution in [0.3, 0.4) is 0 Å². The molecule has 1 aliphatic rings. The lowest BCUT2D eigenvalue weighted by atomic mass is 10.2. The van der Waals surface area contributed by atoms with E-state index in [4.69, 9.17) is 5.73 Å². The van der Waals surface area contributed by atoms with Gasteiger partial charge in [-0.3, -0.25) is 14.7 Å². The van der Waals surface area contributed by atoms with Crippen molar-refractivity contribution in [1.29, 1.82) is 0 Å². The average molecular weight is 354 g/mol. The third-order valence-electron chi connectivity index (χ3n) is 4.66. The summed E-state index contributed by atoms with van der Waals surface area (Å²) in [5.74, 6) is 0.182. The average Bonchev–Trinajstić information content (AvgIpc) is 2.68. The molecule has 1 aromatic heterocycles. The minimum absolute atomic E-state index is 0.215. The molecule has 138 valence electrons. The third-order valence-corrected chi connectivity index (χ3v) is 4.66. The van der Waals surface area contributed by atoms with E-state index in [-0.39, 0.29) is 5.69 Å². The van der Waals surface area contributed by atoms with Gasteiger partial charge < -0.3 is 15.5 Å². The van der Waals surface area contributed by atoms with Crippen molar-refractivity contribution in [3.05, 3.63) is 54.0 Å². The number of hydrogen-bond acceptors (Lipinski definition) is 6. The number of piperazine rings is 1. The number of benzene rings is 1. The van der Waals surface area contributed by atoms with Gasteiger partial charge in [0, 0.05) is 45.8 Å². The summed E-state index contributed by atoms with van der Waals surface area (Å²) in [4.78, 5) is 26.6. The van der Waals surface area contributed by atoms with Crippen LogP contribution in [0, 0.1) is 0 Å². The van der Waals surface area contributed by atoms with Gasteiger partial charge >= 0.3 is 0 Å². The molecule has 1 fully saturated rings. The van der Waals surface area contributed by atoms with E-state index in [0.717, 1.165) is 51.6 Å². The van der Waals surface area contributed by atoms with Gasteiger partial charge in [0.25, 0.3) is 5.91 Å². The standard InChI is InChI=1S/C19H26N6O/c1-23(15-16-5-3-2-4-6-16)7-8-24-9-11-25(12-10-24)18-14-21-13-17(22-18)19(20)26/h2-6,13-14H,7-12,15H2,1H3,(H2,20,26). The van der Waals surface area contributed by atoms with Crippen molar-refractivity contribution in [3.8, 4) is 0 Å². The smallest absolute Gasteiger partial charge is 0.268 e. The first-order valence-corrected chi connectivity index (χ1v) is 8.93. The molecule has 26 heavy (non-hydrogen) atoms. The summed E-state index contributed by atoms with van der Waals surface area (Å²) in [5, 5.41) is 0. The van der Waals surface area contributed by atoms with Crippen LogP contribution in [0.2, 0.25) is 0 Å². The lowest BCUT2D eigenvalue weighted by molar-refractivity contribution is 0.0995. The molecule has 1 saturated heterocycles. The van der Waals surface area contributed by atoms with Crippen LogP contribution in [0.5, 0.6) is 0 Å². The number of nitrogens with two attached hydrogens (primary N) is 1. The maximum absolute atomic E-state index is 11.3. The maximum atomic E-state index is 11.3. The Hall–Kier alpha value is -2.51. The van der Waals surface area contributed by atoms with E-state index >= 15 is 0 Å². The Morgan fingerprint density at radius 2 is 1.88 bits per heavy atom. The number of primary amides is 1. The molecule has 2 N–H and O–H groups in total. The Labute approximate surface area is 154 Å². The highest BCUT2D eigenvalue weighted by Gasteiger charge is 2.19. The highest BCUT2D eigenvalue weighted by Crippen LogP contribution is 2.13. The fourth-order valence-electron chi connectivity index (χ4n) is 3.11. The van der Waals surface area contributed by atoms with Crippen molar-refractivity contribution in [3.63, 3.8) is 0 Å². The summed E-state index contributed by atoms with van der Waals surface area (Å²) in [6, 6.07) is 10.5. The third kappa shape index (κ3) is 5.00. The molecule has 1 aliphatic heterocycles. The predicted molar refractivity (Wildman–Crippen MR) is 102 cm³/mol. The van der Waals surface area contributed by atoms with Gasteiger partial charge in [0.1, 0.15) is 11.5 Å². The van der Waals surface area contributed by atoms with Crippen LogP contribution in [-0.2, 0) is 6.54 Å². The molecule has 7 heteroatoms. The zero-order valence-corrected chi connectivity index (χ0v) is 15.2. The molecule has 0 bridgehead atoms. The number of likely N-dealkylation sites (N-methyl/N-ethyl adjacent to an activating group) is 1. The summed E-state index contributed by atoms with van der Waals surface area (Å²) in [6.07, 6.45) is 3.10. The Bertz CT molecular complexity index is 715. The Morgan fingerprint density at radius 1 is 1.15 bits per heavy atom. The summed E-state index contributed by atoms with van der Waals surface area (Å²) in [5.41, 5.74) is 6.84. The number of aromatic nitrogens is 2.